The molecule has 0 bridgehead atoms. The van der Waals surface area contributed by atoms with Crippen LogP contribution in [0.15, 0.2) is 64.4 Å². The smallest absolute Gasteiger partial charge is 0.171 e. The number of benzene rings is 1. The molecule has 2 aromatic heterocycles. The first-order chi connectivity index (χ1) is 13.8. The maximum Gasteiger partial charge on any atom is 0.171 e. The number of pyridine rings is 1. The fraction of sp³-hybridized carbons (Fsp3) is 0.286. The van der Waals surface area contributed by atoms with E-state index in [1.165, 1.54) is 19.3 Å². The van der Waals surface area contributed by atoms with Gasteiger partial charge in [-0.2, -0.15) is 0 Å². The zero-order chi connectivity index (χ0) is 19.2. The molecule has 144 valence electrons. The van der Waals surface area contributed by atoms with Gasteiger partial charge in [-0.25, -0.2) is 4.98 Å². The number of nitrogens with two attached hydrogens (primary N) is 1. The van der Waals surface area contributed by atoms with Gasteiger partial charge in [0.05, 0.1) is 0 Å². The molecular weight excluding hydrogens is 354 g/mol. The number of oxime groups is 1. The van der Waals surface area contributed by atoms with Crippen LogP contribution in [0, 0.1) is 0 Å². The molecule has 3 heterocycles. The van der Waals surface area contributed by atoms with E-state index >= 15 is 0 Å². The number of anilines is 1. The summed E-state index contributed by atoms with van der Waals surface area (Å²) >= 11 is 0. The van der Waals surface area contributed by atoms with Crippen molar-refractivity contribution in [3.63, 3.8) is 0 Å². The molecule has 4 rings (SSSR count). The summed E-state index contributed by atoms with van der Waals surface area (Å²) < 4.78 is 5.34. The molecule has 0 amide bonds. The SMILES string of the molecule is NC(=NOCc1cc(-c2ccccc2)on1)c1ccc(N2CCCCC2)nc1. The molecule has 0 radical (unpaired) electrons. The highest BCUT2D eigenvalue weighted by molar-refractivity contribution is 5.96. The minimum atomic E-state index is 0.177. The van der Waals surface area contributed by atoms with Crippen molar-refractivity contribution in [2.45, 2.75) is 25.9 Å². The highest BCUT2D eigenvalue weighted by Gasteiger charge is 2.12. The summed E-state index contributed by atoms with van der Waals surface area (Å²) in [6.45, 7) is 2.29. The average molecular weight is 377 g/mol. The van der Waals surface area contributed by atoms with E-state index in [1.807, 2.05) is 48.5 Å². The molecule has 1 aliphatic rings. The average Bonchev–Trinajstić information content (AvgIpc) is 3.24. The summed E-state index contributed by atoms with van der Waals surface area (Å²) in [5, 5.41) is 7.97. The van der Waals surface area contributed by atoms with Gasteiger partial charge in [-0.1, -0.05) is 40.6 Å². The van der Waals surface area contributed by atoms with E-state index < -0.39 is 0 Å². The highest BCUT2D eigenvalue weighted by atomic mass is 16.6. The van der Waals surface area contributed by atoms with Gasteiger partial charge in [0.15, 0.2) is 18.2 Å². The Morgan fingerprint density at radius 3 is 2.68 bits per heavy atom. The van der Waals surface area contributed by atoms with Crippen molar-refractivity contribution in [3.8, 4) is 11.3 Å². The first-order valence-electron chi connectivity index (χ1n) is 9.47. The Bertz CT molecular complexity index is 915. The van der Waals surface area contributed by atoms with Crippen LogP contribution in [-0.2, 0) is 11.4 Å². The van der Waals surface area contributed by atoms with Crippen LogP contribution in [0.3, 0.4) is 0 Å². The molecule has 1 aromatic carbocycles. The van der Waals surface area contributed by atoms with Gasteiger partial charge < -0.3 is 20.0 Å². The van der Waals surface area contributed by atoms with Gasteiger partial charge in [0.1, 0.15) is 11.5 Å². The number of hydrogen-bond acceptors (Lipinski definition) is 6. The van der Waals surface area contributed by atoms with Crippen molar-refractivity contribution in [2.75, 3.05) is 18.0 Å². The number of hydrogen-bond donors (Lipinski definition) is 1. The van der Waals surface area contributed by atoms with E-state index in [-0.39, 0.29) is 12.4 Å². The molecule has 7 heteroatoms. The lowest BCUT2D eigenvalue weighted by Crippen LogP contribution is -2.30. The third-order valence-electron chi connectivity index (χ3n) is 4.72. The maximum absolute atomic E-state index is 6.01. The van der Waals surface area contributed by atoms with Gasteiger partial charge in [-0.3, -0.25) is 0 Å². The second-order valence-corrected chi connectivity index (χ2v) is 6.75. The molecule has 1 fully saturated rings. The summed E-state index contributed by atoms with van der Waals surface area (Å²) in [5.41, 5.74) is 8.35. The second kappa shape index (κ2) is 8.56. The molecule has 0 unspecified atom stereocenters. The number of piperidine rings is 1. The van der Waals surface area contributed by atoms with Crippen LogP contribution < -0.4 is 10.6 Å². The summed E-state index contributed by atoms with van der Waals surface area (Å²) in [4.78, 5) is 12.1. The molecular formula is C21H23N5O2. The Morgan fingerprint density at radius 2 is 1.93 bits per heavy atom. The monoisotopic (exact) mass is 377 g/mol. The Hall–Kier alpha value is -3.35. The molecule has 0 spiro atoms. The molecule has 7 nitrogen and oxygen atoms in total. The van der Waals surface area contributed by atoms with E-state index in [0.29, 0.717) is 11.5 Å². The topological polar surface area (TPSA) is 89.8 Å². The van der Waals surface area contributed by atoms with Gasteiger partial charge in [-0.05, 0) is 31.4 Å². The van der Waals surface area contributed by atoms with Crippen molar-refractivity contribution in [1.29, 1.82) is 0 Å². The van der Waals surface area contributed by atoms with E-state index in [0.717, 1.165) is 30.0 Å². The third-order valence-corrected chi connectivity index (χ3v) is 4.72. The summed E-state index contributed by atoms with van der Waals surface area (Å²) in [6.07, 6.45) is 5.46. The Kier molecular flexibility index (Phi) is 5.51. The van der Waals surface area contributed by atoms with Gasteiger partial charge in [-0.15, -0.1) is 0 Å². The molecule has 3 aromatic rings. The van der Waals surface area contributed by atoms with Crippen LogP contribution >= 0.6 is 0 Å². The lowest BCUT2D eigenvalue weighted by Gasteiger charge is -2.27. The van der Waals surface area contributed by atoms with Crippen molar-refractivity contribution >= 4 is 11.7 Å². The summed E-state index contributed by atoms with van der Waals surface area (Å²) in [6, 6.07) is 15.5. The Labute approximate surface area is 163 Å². The van der Waals surface area contributed by atoms with Crippen LogP contribution in [-0.4, -0.2) is 29.1 Å². The van der Waals surface area contributed by atoms with Crippen molar-refractivity contribution in [2.24, 2.45) is 10.9 Å². The normalized spacial score (nSPS) is 14.9. The fourth-order valence-electron chi connectivity index (χ4n) is 3.19. The van der Waals surface area contributed by atoms with Crippen molar-refractivity contribution < 1.29 is 9.36 Å². The van der Waals surface area contributed by atoms with E-state index in [4.69, 9.17) is 15.1 Å². The van der Waals surface area contributed by atoms with E-state index in [2.05, 4.69) is 20.2 Å². The summed E-state index contributed by atoms with van der Waals surface area (Å²) in [5.74, 6) is 1.95. The molecule has 0 atom stereocenters. The first kappa shape index (κ1) is 18.0. The predicted octanol–water partition coefficient (Wildman–Crippen LogP) is 3.56. The molecule has 1 saturated heterocycles. The number of aromatic nitrogens is 2. The van der Waals surface area contributed by atoms with Crippen LogP contribution in [0.4, 0.5) is 5.82 Å². The zero-order valence-corrected chi connectivity index (χ0v) is 15.6. The van der Waals surface area contributed by atoms with E-state index in [1.54, 1.807) is 6.20 Å². The minimum Gasteiger partial charge on any atom is -0.387 e. The van der Waals surface area contributed by atoms with E-state index in [9.17, 15) is 0 Å². The Morgan fingerprint density at radius 1 is 1.11 bits per heavy atom. The first-order valence-corrected chi connectivity index (χ1v) is 9.47. The van der Waals surface area contributed by atoms with Gasteiger partial charge in [0, 0.05) is 36.5 Å². The number of rotatable bonds is 6. The molecule has 0 saturated carbocycles. The fourth-order valence-corrected chi connectivity index (χ4v) is 3.19. The summed E-state index contributed by atoms with van der Waals surface area (Å²) in [7, 11) is 0. The quantitative estimate of drug-likeness (QED) is 0.401. The van der Waals surface area contributed by atoms with Gasteiger partial charge in [0.2, 0.25) is 0 Å². The molecule has 2 N–H and O–H groups in total. The molecule has 28 heavy (non-hydrogen) atoms. The van der Waals surface area contributed by atoms with Gasteiger partial charge in [0.25, 0.3) is 0 Å². The van der Waals surface area contributed by atoms with Crippen LogP contribution in [0.25, 0.3) is 11.3 Å². The van der Waals surface area contributed by atoms with Crippen molar-refractivity contribution in [3.05, 3.63) is 66.0 Å². The van der Waals surface area contributed by atoms with Crippen LogP contribution in [0.1, 0.15) is 30.5 Å². The second-order valence-electron chi connectivity index (χ2n) is 6.75. The number of amidine groups is 1. The predicted molar refractivity (Wildman–Crippen MR) is 108 cm³/mol. The third kappa shape index (κ3) is 4.31. The Balaban J connectivity index is 1.34. The highest BCUT2D eigenvalue weighted by Crippen LogP contribution is 2.20. The van der Waals surface area contributed by atoms with Crippen LogP contribution in [0.2, 0.25) is 0 Å². The van der Waals surface area contributed by atoms with Crippen molar-refractivity contribution in [1.82, 2.24) is 10.1 Å². The standard InChI is InChI=1S/C21H23N5O2/c22-21(17-9-10-20(23-14-17)26-11-5-2-6-12-26)25-27-15-18-13-19(28-24-18)16-7-3-1-4-8-16/h1,3-4,7-10,13-14H,2,5-6,11-12,15H2,(H2,22,25). The van der Waals surface area contributed by atoms with Gasteiger partial charge >= 0.3 is 0 Å². The van der Waals surface area contributed by atoms with Crippen LogP contribution in [0.5, 0.6) is 0 Å². The zero-order valence-electron chi connectivity index (χ0n) is 15.6. The number of nitrogens with zero attached hydrogens (tertiary/aromatic N) is 4. The molecule has 1 aliphatic heterocycles. The molecule has 0 aliphatic carbocycles. The largest absolute Gasteiger partial charge is 0.387 e. The maximum atomic E-state index is 6.01. The lowest BCUT2D eigenvalue weighted by molar-refractivity contribution is 0.125. The lowest BCUT2D eigenvalue weighted by atomic mass is 10.1. The minimum absolute atomic E-state index is 0.177.